The van der Waals surface area contributed by atoms with Gasteiger partial charge in [0.05, 0.1) is 17.1 Å². The number of nitrogens with one attached hydrogen (secondary N) is 1. The second-order valence-corrected chi connectivity index (χ2v) is 9.56. The molecule has 0 fully saturated rings. The summed E-state index contributed by atoms with van der Waals surface area (Å²) in [6.07, 6.45) is 3.31. The topological polar surface area (TPSA) is 99.9 Å². The van der Waals surface area contributed by atoms with Crippen LogP contribution in [0.15, 0.2) is 23.0 Å². The fourth-order valence-corrected chi connectivity index (χ4v) is 4.26. The van der Waals surface area contributed by atoms with Crippen LogP contribution in [0, 0.1) is 13.8 Å². The second-order valence-electron chi connectivity index (χ2n) is 9.56. The van der Waals surface area contributed by atoms with Gasteiger partial charge in [-0.25, -0.2) is 4.68 Å². The Kier molecular flexibility index (Phi) is 8.02. The average Bonchev–Trinajstić information content (AvgIpc) is 3.29. The molecule has 0 aliphatic rings. The maximum atomic E-state index is 13.1. The van der Waals surface area contributed by atoms with Crippen LogP contribution < -0.4 is 5.56 Å². The van der Waals surface area contributed by atoms with E-state index in [4.69, 9.17) is 0 Å². The molecule has 8 heteroatoms. The molecule has 2 heterocycles. The Morgan fingerprint density at radius 1 is 1.24 bits per heavy atom. The number of hydrogen-bond acceptors (Lipinski definition) is 6. The molecule has 0 saturated carbocycles. The van der Waals surface area contributed by atoms with Crippen molar-refractivity contribution < 1.29 is 5.11 Å². The predicted molar refractivity (Wildman–Crippen MR) is 131 cm³/mol. The third-order valence-electron chi connectivity index (χ3n) is 6.84. The minimum absolute atomic E-state index is 0.0581. The van der Waals surface area contributed by atoms with Gasteiger partial charge in [0.25, 0.3) is 5.56 Å². The summed E-state index contributed by atoms with van der Waals surface area (Å²) in [5.41, 5.74) is 3.56. The first-order valence-electron chi connectivity index (χ1n) is 12.0. The largest absolute Gasteiger partial charge is 0.396 e. The number of aliphatic hydroxyl groups is 1. The minimum atomic E-state index is -0.219. The molecular formula is C25H38N6O2. The molecule has 3 aromatic rings. The van der Waals surface area contributed by atoms with Crippen LogP contribution >= 0.6 is 0 Å². The van der Waals surface area contributed by atoms with E-state index in [9.17, 15) is 9.90 Å². The number of aromatic amines is 1. The molecule has 2 aromatic heterocycles. The number of aromatic nitrogens is 5. The number of pyridine rings is 1. The van der Waals surface area contributed by atoms with Gasteiger partial charge in [-0.15, -0.1) is 5.10 Å². The van der Waals surface area contributed by atoms with Crippen LogP contribution in [0.2, 0.25) is 0 Å². The van der Waals surface area contributed by atoms with Crippen LogP contribution in [0.4, 0.5) is 0 Å². The number of H-pyrrole nitrogens is 1. The van der Waals surface area contributed by atoms with E-state index in [1.807, 2.05) is 17.7 Å². The standard InChI is InChI=1S/C25H38N6O2/c1-7-10-21(23-27-28-29-31(23)25(5,6)8-2)30(13-9-14-32)16-20-15-19-12-11-17(3)18(4)22(19)26-24(20)33/h11-12,15,21,32H,7-10,13-14,16H2,1-6H3,(H,26,33). The van der Waals surface area contributed by atoms with Crippen molar-refractivity contribution >= 4 is 10.9 Å². The van der Waals surface area contributed by atoms with Gasteiger partial charge in [-0.1, -0.05) is 32.4 Å². The highest BCUT2D eigenvalue weighted by Crippen LogP contribution is 2.30. The molecular weight excluding hydrogens is 416 g/mol. The first-order chi connectivity index (χ1) is 15.7. The maximum absolute atomic E-state index is 13.1. The number of rotatable bonds is 11. The first-order valence-corrected chi connectivity index (χ1v) is 12.0. The number of fused-ring (bicyclic) bond motifs is 1. The molecule has 180 valence electrons. The number of tetrazole rings is 1. The quantitative estimate of drug-likeness (QED) is 0.454. The third-order valence-corrected chi connectivity index (χ3v) is 6.84. The molecule has 0 amide bonds. The Morgan fingerprint density at radius 2 is 2.00 bits per heavy atom. The highest BCUT2D eigenvalue weighted by Gasteiger charge is 2.31. The van der Waals surface area contributed by atoms with Crippen molar-refractivity contribution in [3.63, 3.8) is 0 Å². The van der Waals surface area contributed by atoms with Crippen molar-refractivity contribution in [1.82, 2.24) is 30.1 Å². The molecule has 1 atom stereocenters. The second kappa shape index (κ2) is 10.6. The van der Waals surface area contributed by atoms with Crippen LogP contribution in [0.1, 0.15) is 81.9 Å². The number of hydrogen-bond donors (Lipinski definition) is 2. The Bertz CT molecular complexity index is 1130. The molecule has 0 saturated heterocycles. The van der Waals surface area contributed by atoms with Crippen LogP contribution in [0.5, 0.6) is 0 Å². The summed E-state index contributed by atoms with van der Waals surface area (Å²) in [5, 5.41) is 23.3. The zero-order valence-electron chi connectivity index (χ0n) is 20.9. The van der Waals surface area contributed by atoms with Crippen LogP contribution in [-0.2, 0) is 12.1 Å². The zero-order chi connectivity index (χ0) is 24.2. The molecule has 33 heavy (non-hydrogen) atoms. The summed E-state index contributed by atoms with van der Waals surface area (Å²) in [6, 6.07) is 6.08. The molecule has 3 rings (SSSR count). The van der Waals surface area contributed by atoms with Gasteiger partial charge in [0.2, 0.25) is 0 Å². The van der Waals surface area contributed by atoms with Gasteiger partial charge in [0.15, 0.2) is 5.82 Å². The summed E-state index contributed by atoms with van der Waals surface area (Å²) in [4.78, 5) is 18.4. The van der Waals surface area contributed by atoms with Crippen molar-refractivity contribution in [2.45, 2.75) is 85.4 Å². The third kappa shape index (κ3) is 5.33. The van der Waals surface area contributed by atoms with Gasteiger partial charge in [-0.05, 0) is 80.0 Å². The normalized spacial score (nSPS) is 13.2. The monoisotopic (exact) mass is 454 g/mol. The minimum Gasteiger partial charge on any atom is -0.396 e. The Morgan fingerprint density at radius 3 is 2.67 bits per heavy atom. The van der Waals surface area contributed by atoms with E-state index in [0.29, 0.717) is 25.1 Å². The highest BCUT2D eigenvalue weighted by atomic mass is 16.3. The molecule has 2 N–H and O–H groups in total. The highest BCUT2D eigenvalue weighted by molar-refractivity contribution is 5.83. The Balaban J connectivity index is 2.04. The number of aliphatic hydroxyl groups excluding tert-OH is 1. The molecule has 1 unspecified atom stereocenters. The van der Waals surface area contributed by atoms with E-state index >= 15 is 0 Å². The van der Waals surface area contributed by atoms with Crippen molar-refractivity contribution in [3.05, 3.63) is 51.1 Å². The lowest BCUT2D eigenvalue weighted by molar-refractivity contribution is 0.139. The van der Waals surface area contributed by atoms with Crippen LogP contribution in [0.25, 0.3) is 10.9 Å². The van der Waals surface area contributed by atoms with Gasteiger partial charge in [0, 0.05) is 25.3 Å². The summed E-state index contributed by atoms with van der Waals surface area (Å²) in [7, 11) is 0. The Hall–Kier alpha value is -2.58. The molecule has 0 spiro atoms. The smallest absolute Gasteiger partial charge is 0.252 e. The molecule has 0 aliphatic carbocycles. The van der Waals surface area contributed by atoms with Gasteiger partial charge in [-0.2, -0.15) is 0 Å². The summed E-state index contributed by atoms with van der Waals surface area (Å²) >= 11 is 0. The van der Waals surface area contributed by atoms with Crippen molar-refractivity contribution in [3.8, 4) is 0 Å². The Labute approximate surface area is 196 Å². The lowest BCUT2D eigenvalue weighted by atomic mass is 10.0. The first kappa shape index (κ1) is 25.1. The van der Waals surface area contributed by atoms with Crippen molar-refractivity contribution in [2.75, 3.05) is 13.2 Å². The number of nitrogens with zero attached hydrogens (tertiary/aromatic N) is 5. The van der Waals surface area contributed by atoms with Crippen LogP contribution in [0.3, 0.4) is 0 Å². The van der Waals surface area contributed by atoms with E-state index in [-0.39, 0.29) is 23.7 Å². The molecule has 0 aliphatic heterocycles. The van der Waals surface area contributed by atoms with E-state index in [2.05, 4.69) is 72.2 Å². The van der Waals surface area contributed by atoms with Gasteiger partial charge >= 0.3 is 0 Å². The fraction of sp³-hybridized carbons (Fsp3) is 0.600. The molecule has 1 aromatic carbocycles. The van der Waals surface area contributed by atoms with Gasteiger partial charge in [-0.3, -0.25) is 9.69 Å². The van der Waals surface area contributed by atoms with Gasteiger partial charge < -0.3 is 10.1 Å². The summed E-state index contributed by atoms with van der Waals surface area (Å²) in [6.45, 7) is 13.8. The fourth-order valence-electron chi connectivity index (χ4n) is 4.26. The van der Waals surface area contributed by atoms with Crippen LogP contribution in [-0.4, -0.2) is 48.3 Å². The predicted octanol–water partition coefficient (Wildman–Crippen LogP) is 4.00. The number of benzene rings is 1. The lowest BCUT2D eigenvalue weighted by Gasteiger charge is -2.33. The van der Waals surface area contributed by atoms with E-state index in [1.54, 1.807) is 0 Å². The van der Waals surface area contributed by atoms with Crippen molar-refractivity contribution in [1.29, 1.82) is 0 Å². The number of aryl methyl sites for hydroxylation is 2. The maximum Gasteiger partial charge on any atom is 0.252 e. The zero-order valence-corrected chi connectivity index (χ0v) is 20.9. The van der Waals surface area contributed by atoms with E-state index < -0.39 is 0 Å². The molecule has 0 bridgehead atoms. The molecule has 0 radical (unpaired) electrons. The van der Waals surface area contributed by atoms with E-state index in [1.165, 1.54) is 0 Å². The SMILES string of the molecule is CCCC(c1nnnn1C(C)(C)CC)N(CCCO)Cc1cc2ccc(C)c(C)c2[nH]c1=O. The van der Waals surface area contributed by atoms with E-state index in [0.717, 1.165) is 47.1 Å². The van der Waals surface area contributed by atoms with Crippen molar-refractivity contribution in [2.24, 2.45) is 0 Å². The summed E-state index contributed by atoms with van der Waals surface area (Å²) in [5.74, 6) is 0.810. The van der Waals surface area contributed by atoms with Gasteiger partial charge in [0.1, 0.15) is 0 Å². The molecule has 8 nitrogen and oxygen atoms in total. The lowest BCUT2D eigenvalue weighted by Crippen LogP contribution is -2.37. The summed E-state index contributed by atoms with van der Waals surface area (Å²) < 4.78 is 1.93. The average molecular weight is 455 g/mol.